The fourth-order valence-corrected chi connectivity index (χ4v) is 5.36. The van der Waals surface area contributed by atoms with Gasteiger partial charge in [-0.05, 0) is 58.1 Å². The lowest BCUT2D eigenvalue weighted by atomic mass is 9.81. The van der Waals surface area contributed by atoms with E-state index in [0.717, 1.165) is 29.8 Å². The van der Waals surface area contributed by atoms with E-state index in [0.29, 0.717) is 50.3 Å². The van der Waals surface area contributed by atoms with E-state index in [9.17, 15) is 4.79 Å². The number of rotatable bonds is 11. The first-order chi connectivity index (χ1) is 18.7. The molecule has 41 heavy (non-hydrogen) atoms. The van der Waals surface area contributed by atoms with E-state index in [1.165, 1.54) is 19.3 Å². The summed E-state index contributed by atoms with van der Waals surface area (Å²) in [5.74, 6) is 2.18. The van der Waals surface area contributed by atoms with Gasteiger partial charge in [-0.3, -0.25) is 4.79 Å². The smallest absolute Gasteiger partial charge is 0.220 e. The average Bonchev–Trinajstić information content (AvgIpc) is 2.92. The molecule has 5 N–H and O–H groups in total. The third kappa shape index (κ3) is 10.4. The summed E-state index contributed by atoms with van der Waals surface area (Å²) < 4.78 is 11.8. The van der Waals surface area contributed by atoms with Crippen LogP contribution in [0.2, 0.25) is 0 Å². The number of aliphatic imine (C=N–C) groups is 1. The highest BCUT2D eigenvalue weighted by Gasteiger charge is 2.33. The summed E-state index contributed by atoms with van der Waals surface area (Å²) in [6, 6.07) is 11.4. The predicted molar refractivity (Wildman–Crippen MR) is 175 cm³/mol. The predicted octanol–water partition coefficient (Wildman–Crippen LogP) is 4.85. The van der Waals surface area contributed by atoms with Crippen LogP contribution in [0.25, 0.3) is 0 Å². The standard InChI is InChI=1S/C30H44N6O3.2H2S/c1-30(2,3)38-20-23(17-31)34-27(37)15-14-26(21-10-6-4-7-11-21)36-19-22-16-28(33-18-25(22)35-29(36)32)39-24-12-8-5-9-13-24;;/h5,8-9,12-13,16,18,21,23,26H,4,6-7,10-11,14-15,17,19-20,31H2,1-3H3,(H2,32,35)(H,34,37);2*1H2/t23-,26-;;/m0../s1. The summed E-state index contributed by atoms with van der Waals surface area (Å²) in [7, 11) is 0. The van der Waals surface area contributed by atoms with Gasteiger partial charge in [-0.15, -0.1) is 0 Å². The molecular weight excluding hydrogens is 557 g/mol. The maximum absolute atomic E-state index is 13.0. The van der Waals surface area contributed by atoms with E-state index in [1.54, 1.807) is 6.20 Å². The first-order valence-electron chi connectivity index (χ1n) is 14.2. The van der Waals surface area contributed by atoms with Crippen LogP contribution in [0.3, 0.4) is 0 Å². The Morgan fingerprint density at radius 1 is 1.15 bits per heavy atom. The molecule has 1 aliphatic heterocycles. The van der Waals surface area contributed by atoms with E-state index in [4.69, 9.17) is 25.9 Å². The number of para-hydroxylation sites is 1. The molecule has 0 unspecified atom stereocenters. The third-order valence-corrected chi connectivity index (χ3v) is 7.41. The molecule has 1 aromatic carbocycles. The Morgan fingerprint density at radius 3 is 2.51 bits per heavy atom. The van der Waals surface area contributed by atoms with Gasteiger partial charge in [0.1, 0.15) is 5.75 Å². The monoisotopic (exact) mass is 604 g/mol. The number of hydrogen-bond donors (Lipinski definition) is 3. The highest BCUT2D eigenvalue weighted by Crippen LogP contribution is 2.36. The van der Waals surface area contributed by atoms with Crippen molar-refractivity contribution in [3.63, 3.8) is 0 Å². The fourth-order valence-electron chi connectivity index (χ4n) is 5.36. The molecule has 228 valence electrons. The second kappa shape index (κ2) is 16.2. The summed E-state index contributed by atoms with van der Waals surface area (Å²) in [6.07, 6.45) is 8.72. The number of carbonyl (C=O) groups excluding carboxylic acids is 1. The molecule has 2 atom stereocenters. The maximum Gasteiger partial charge on any atom is 0.220 e. The lowest BCUT2D eigenvalue weighted by Gasteiger charge is -2.41. The number of fused-ring (bicyclic) bond motifs is 1. The van der Waals surface area contributed by atoms with Gasteiger partial charge in [0.25, 0.3) is 0 Å². The van der Waals surface area contributed by atoms with Crippen LogP contribution in [-0.2, 0) is 16.1 Å². The molecule has 0 saturated heterocycles. The lowest BCUT2D eigenvalue weighted by Crippen LogP contribution is -2.50. The van der Waals surface area contributed by atoms with Crippen LogP contribution in [0, 0.1) is 5.92 Å². The number of hydrogen-bond acceptors (Lipinski definition) is 8. The number of aromatic nitrogens is 1. The van der Waals surface area contributed by atoms with Crippen molar-refractivity contribution in [1.29, 1.82) is 0 Å². The highest BCUT2D eigenvalue weighted by atomic mass is 32.1. The third-order valence-electron chi connectivity index (χ3n) is 7.41. The molecule has 4 rings (SSSR count). The van der Waals surface area contributed by atoms with E-state index in [1.807, 2.05) is 57.2 Å². The Kier molecular flexibility index (Phi) is 13.8. The van der Waals surface area contributed by atoms with Crippen LogP contribution in [0.15, 0.2) is 47.6 Å². The molecular formula is C30H48N6O3S2. The Labute approximate surface area is 258 Å². The van der Waals surface area contributed by atoms with Gasteiger partial charge in [0.15, 0.2) is 5.96 Å². The van der Waals surface area contributed by atoms with Gasteiger partial charge in [-0.1, -0.05) is 37.5 Å². The minimum absolute atomic E-state index is 0. The molecule has 9 nitrogen and oxygen atoms in total. The molecule has 0 bridgehead atoms. The Morgan fingerprint density at radius 2 is 1.85 bits per heavy atom. The van der Waals surface area contributed by atoms with E-state index < -0.39 is 0 Å². The first-order valence-corrected chi connectivity index (χ1v) is 14.2. The van der Waals surface area contributed by atoms with E-state index in [2.05, 4.69) is 15.2 Å². The zero-order valence-corrected chi connectivity index (χ0v) is 26.6. The Balaban J connectivity index is 0.00000294. The number of carbonyl (C=O) groups is 1. The van der Waals surface area contributed by atoms with Crippen molar-refractivity contribution >= 4 is 44.5 Å². The van der Waals surface area contributed by atoms with Crippen molar-refractivity contribution in [2.75, 3.05) is 13.2 Å². The van der Waals surface area contributed by atoms with Crippen molar-refractivity contribution < 1.29 is 14.3 Å². The number of amides is 1. The van der Waals surface area contributed by atoms with Crippen molar-refractivity contribution in [2.45, 2.75) is 89.9 Å². The SMILES string of the molecule is CC(C)(C)OC[C@H](CN)NC(=O)CC[C@@H](C1CCCCC1)N1Cc2cc(Oc3ccccc3)ncc2N=C1N.S.S. The van der Waals surface area contributed by atoms with Gasteiger partial charge in [-0.25, -0.2) is 9.98 Å². The molecule has 1 saturated carbocycles. The van der Waals surface area contributed by atoms with Gasteiger partial charge in [0.2, 0.25) is 11.8 Å². The summed E-state index contributed by atoms with van der Waals surface area (Å²) in [4.78, 5) is 24.3. The topological polar surface area (TPSA) is 128 Å². The molecule has 1 amide bonds. The molecule has 0 radical (unpaired) electrons. The van der Waals surface area contributed by atoms with Crippen LogP contribution in [0.4, 0.5) is 5.69 Å². The largest absolute Gasteiger partial charge is 0.439 e. The molecule has 2 aliphatic rings. The van der Waals surface area contributed by atoms with Crippen LogP contribution in [0.5, 0.6) is 11.6 Å². The van der Waals surface area contributed by atoms with Gasteiger partial charge in [-0.2, -0.15) is 27.0 Å². The van der Waals surface area contributed by atoms with Crippen molar-refractivity contribution in [1.82, 2.24) is 15.2 Å². The van der Waals surface area contributed by atoms with Gasteiger partial charge < -0.3 is 31.2 Å². The van der Waals surface area contributed by atoms with Crippen LogP contribution >= 0.6 is 27.0 Å². The lowest BCUT2D eigenvalue weighted by molar-refractivity contribution is -0.123. The number of nitrogens with zero attached hydrogens (tertiary/aromatic N) is 3. The van der Waals surface area contributed by atoms with Crippen molar-refractivity contribution in [3.8, 4) is 11.6 Å². The Bertz CT molecular complexity index is 1120. The zero-order chi connectivity index (χ0) is 27.8. The molecule has 1 aliphatic carbocycles. The first kappa shape index (κ1) is 34.7. The van der Waals surface area contributed by atoms with E-state index >= 15 is 0 Å². The number of nitrogens with one attached hydrogen (secondary N) is 1. The number of guanidine groups is 1. The number of ether oxygens (including phenoxy) is 2. The quantitative estimate of drug-likeness (QED) is 0.335. The second-order valence-corrected chi connectivity index (χ2v) is 11.6. The maximum atomic E-state index is 13.0. The average molecular weight is 605 g/mol. The van der Waals surface area contributed by atoms with Crippen LogP contribution in [-0.4, -0.2) is 52.6 Å². The van der Waals surface area contributed by atoms with Crippen molar-refractivity contribution in [2.24, 2.45) is 22.4 Å². The van der Waals surface area contributed by atoms with Crippen LogP contribution < -0.4 is 21.5 Å². The summed E-state index contributed by atoms with van der Waals surface area (Å²) >= 11 is 0. The molecule has 0 spiro atoms. The Hall–Kier alpha value is -2.47. The molecule has 1 fully saturated rings. The molecule has 2 heterocycles. The van der Waals surface area contributed by atoms with Crippen LogP contribution in [0.1, 0.15) is 71.3 Å². The minimum atomic E-state index is -0.285. The van der Waals surface area contributed by atoms with Crippen molar-refractivity contribution in [3.05, 3.63) is 48.2 Å². The molecule has 2 aromatic rings. The number of benzene rings is 1. The zero-order valence-electron chi connectivity index (χ0n) is 24.6. The fraction of sp³-hybridized carbons (Fsp3) is 0.567. The van der Waals surface area contributed by atoms with E-state index in [-0.39, 0.29) is 50.6 Å². The number of pyridine rings is 1. The second-order valence-electron chi connectivity index (χ2n) is 11.6. The van der Waals surface area contributed by atoms with Gasteiger partial charge >= 0.3 is 0 Å². The summed E-state index contributed by atoms with van der Waals surface area (Å²) in [5, 5.41) is 3.06. The minimum Gasteiger partial charge on any atom is -0.439 e. The molecule has 11 heteroatoms. The molecule has 1 aromatic heterocycles. The summed E-state index contributed by atoms with van der Waals surface area (Å²) in [6.45, 7) is 7.30. The summed E-state index contributed by atoms with van der Waals surface area (Å²) in [5.41, 5.74) is 13.9. The number of nitrogens with two attached hydrogens (primary N) is 2. The van der Waals surface area contributed by atoms with Gasteiger partial charge in [0, 0.05) is 37.2 Å². The highest BCUT2D eigenvalue weighted by molar-refractivity contribution is 7.59. The normalized spacial score (nSPS) is 16.8. The van der Waals surface area contributed by atoms with Gasteiger partial charge in [0.05, 0.1) is 30.1 Å².